The van der Waals surface area contributed by atoms with Crippen LogP contribution in [0.5, 0.6) is 5.75 Å². The number of halogens is 2. The number of hydrogen-bond acceptors (Lipinski definition) is 6. The third-order valence-corrected chi connectivity index (χ3v) is 4.99. The maximum absolute atomic E-state index is 12.4. The second-order valence-electron chi connectivity index (χ2n) is 6.08. The van der Waals surface area contributed by atoms with E-state index in [1.807, 2.05) is 0 Å². The van der Waals surface area contributed by atoms with Gasteiger partial charge in [-0.15, -0.1) is 0 Å². The first kappa shape index (κ1) is 22.3. The Morgan fingerprint density at radius 3 is 2.19 bits per heavy atom. The molecule has 0 heterocycles. The first-order valence-corrected chi connectivity index (χ1v) is 10.3. The summed E-state index contributed by atoms with van der Waals surface area (Å²) >= 11 is 6.65. The zero-order chi connectivity index (χ0) is 22.4. The lowest BCUT2D eigenvalue weighted by Gasteiger charge is -2.08. The number of nitrogens with zero attached hydrogens (tertiary/aromatic N) is 2. The van der Waals surface area contributed by atoms with E-state index in [0.29, 0.717) is 11.1 Å². The predicted molar refractivity (Wildman–Crippen MR) is 121 cm³/mol. The van der Waals surface area contributed by atoms with Crippen LogP contribution < -0.4 is 10.2 Å². The number of ether oxygens (including phenoxy) is 1. The highest BCUT2D eigenvalue weighted by Gasteiger charge is 2.12. The van der Waals surface area contributed by atoms with Crippen LogP contribution in [0.25, 0.3) is 0 Å². The maximum atomic E-state index is 12.4. The molecule has 0 bridgehead atoms. The third-order valence-electron chi connectivity index (χ3n) is 3.96. The van der Waals surface area contributed by atoms with Crippen LogP contribution in [0.1, 0.15) is 26.3 Å². The number of esters is 1. The van der Waals surface area contributed by atoms with Crippen molar-refractivity contribution in [1.82, 2.24) is 5.43 Å². The average Bonchev–Trinajstić information content (AvgIpc) is 2.76. The molecule has 10 heteroatoms. The van der Waals surface area contributed by atoms with Crippen molar-refractivity contribution in [2.45, 2.75) is 0 Å². The monoisotopic (exact) mass is 545 g/mol. The van der Waals surface area contributed by atoms with E-state index in [0.717, 1.165) is 8.95 Å². The van der Waals surface area contributed by atoms with Gasteiger partial charge in [0.15, 0.2) is 0 Å². The van der Waals surface area contributed by atoms with Crippen LogP contribution in [0, 0.1) is 10.1 Å². The van der Waals surface area contributed by atoms with E-state index >= 15 is 0 Å². The molecular weight excluding hydrogens is 534 g/mol. The normalized spacial score (nSPS) is 10.6. The number of benzene rings is 3. The van der Waals surface area contributed by atoms with Crippen molar-refractivity contribution in [2.75, 3.05) is 0 Å². The van der Waals surface area contributed by atoms with Crippen molar-refractivity contribution in [1.29, 1.82) is 0 Å². The van der Waals surface area contributed by atoms with Gasteiger partial charge in [-0.3, -0.25) is 14.9 Å². The van der Waals surface area contributed by atoms with Gasteiger partial charge in [-0.2, -0.15) is 5.10 Å². The van der Waals surface area contributed by atoms with E-state index in [-0.39, 0.29) is 17.0 Å². The molecule has 3 aromatic carbocycles. The van der Waals surface area contributed by atoms with Crippen LogP contribution in [0.4, 0.5) is 5.69 Å². The molecular formula is C21H13Br2N3O5. The quantitative estimate of drug-likeness (QED) is 0.152. The van der Waals surface area contributed by atoms with Crippen LogP contribution >= 0.6 is 31.9 Å². The Morgan fingerprint density at radius 1 is 0.935 bits per heavy atom. The fourth-order valence-electron chi connectivity index (χ4n) is 2.42. The summed E-state index contributed by atoms with van der Waals surface area (Å²) in [7, 11) is 0. The van der Waals surface area contributed by atoms with Gasteiger partial charge in [0.1, 0.15) is 5.75 Å². The van der Waals surface area contributed by atoms with Crippen LogP contribution in [-0.2, 0) is 0 Å². The molecule has 1 N–H and O–H groups in total. The summed E-state index contributed by atoms with van der Waals surface area (Å²) in [6, 6.07) is 16.8. The molecule has 8 nitrogen and oxygen atoms in total. The number of carbonyl (C=O) groups is 2. The third kappa shape index (κ3) is 6.06. The molecule has 0 aliphatic heterocycles. The van der Waals surface area contributed by atoms with Crippen molar-refractivity contribution >= 4 is 55.6 Å². The zero-order valence-electron chi connectivity index (χ0n) is 15.6. The fraction of sp³-hybridized carbons (Fsp3) is 0. The molecule has 0 aliphatic carbocycles. The summed E-state index contributed by atoms with van der Waals surface area (Å²) in [6.07, 6.45) is 1.33. The molecule has 0 radical (unpaired) electrons. The Labute approximate surface area is 193 Å². The minimum atomic E-state index is -0.551. The molecule has 0 saturated heterocycles. The van der Waals surface area contributed by atoms with E-state index in [2.05, 4.69) is 42.4 Å². The first-order chi connectivity index (χ1) is 14.8. The van der Waals surface area contributed by atoms with Crippen LogP contribution in [-0.4, -0.2) is 23.0 Å². The molecule has 0 fully saturated rings. The summed E-state index contributed by atoms with van der Waals surface area (Å²) in [6.45, 7) is 0. The SMILES string of the molecule is O=C(N/N=C\c1cc(Br)ccc1OC(=O)c1ccc(Br)cc1)c1ccc([N+](=O)[O-])cc1. The summed E-state index contributed by atoms with van der Waals surface area (Å²) < 4.78 is 7.02. The molecule has 1 amide bonds. The van der Waals surface area contributed by atoms with Gasteiger partial charge >= 0.3 is 5.97 Å². The van der Waals surface area contributed by atoms with Gasteiger partial charge in [0.05, 0.1) is 16.7 Å². The molecule has 31 heavy (non-hydrogen) atoms. The van der Waals surface area contributed by atoms with E-state index in [4.69, 9.17) is 4.74 Å². The molecule has 3 rings (SSSR count). The summed E-state index contributed by atoms with van der Waals surface area (Å²) in [5.41, 5.74) is 3.25. The number of nitro groups is 1. The molecule has 0 spiro atoms. The van der Waals surface area contributed by atoms with Crippen LogP contribution in [0.3, 0.4) is 0 Å². The van der Waals surface area contributed by atoms with Crippen LogP contribution in [0.2, 0.25) is 0 Å². The van der Waals surface area contributed by atoms with Crippen molar-refractivity contribution in [3.05, 3.63) is 102 Å². The molecule has 0 saturated carbocycles. The zero-order valence-corrected chi connectivity index (χ0v) is 18.8. The van der Waals surface area contributed by atoms with E-state index < -0.39 is 16.8 Å². The topological polar surface area (TPSA) is 111 Å². The number of carbonyl (C=O) groups excluding carboxylic acids is 2. The van der Waals surface area contributed by atoms with E-state index in [1.165, 1.54) is 30.5 Å². The second-order valence-corrected chi connectivity index (χ2v) is 7.91. The smallest absolute Gasteiger partial charge is 0.343 e. The number of nitrogens with one attached hydrogen (secondary N) is 1. The summed E-state index contributed by atoms with van der Waals surface area (Å²) in [5, 5.41) is 14.6. The predicted octanol–water partition coefficient (Wildman–Crippen LogP) is 5.10. The van der Waals surface area contributed by atoms with Crippen molar-refractivity contribution in [3.63, 3.8) is 0 Å². The summed E-state index contributed by atoms with van der Waals surface area (Å²) in [4.78, 5) is 34.7. The van der Waals surface area contributed by atoms with E-state index in [9.17, 15) is 19.7 Å². The fourth-order valence-corrected chi connectivity index (χ4v) is 3.06. The molecule has 3 aromatic rings. The molecule has 0 aromatic heterocycles. The number of hydrazone groups is 1. The Hall–Kier alpha value is -3.37. The number of rotatable bonds is 6. The molecule has 0 atom stereocenters. The lowest BCUT2D eigenvalue weighted by atomic mass is 10.2. The maximum Gasteiger partial charge on any atom is 0.343 e. The number of amides is 1. The highest BCUT2D eigenvalue weighted by atomic mass is 79.9. The second kappa shape index (κ2) is 10.1. The Bertz CT molecular complexity index is 1160. The minimum Gasteiger partial charge on any atom is -0.422 e. The van der Waals surface area contributed by atoms with Gasteiger partial charge < -0.3 is 4.74 Å². The Balaban J connectivity index is 1.71. The highest BCUT2D eigenvalue weighted by molar-refractivity contribution is 9.10. The molecule has 156 valence electrons. The van der Waals surface area contributed by atoms with Gasteiger partial charge in [-0.25, -0.2) is 10.2 Å². The Morgan fingerprint density at radius 2 is 1.55 bits per heavy atom. The number of non-ortho nitro benzene ring substituents is 1. The average molecular weight is 547 g/mol. The lowest BCUT2D eigenvalue weighted by Crippen LogP contribution is -2.17. The molecule has 0 unspecified atom stereocenters. The van der Waals surface area contributed by atoms with E-state index in [1.54, 1.807) is 42.5 Å². The van der Waals surface area contributed by atoms with Gasteiger partial charge in [-0.1, -0.05) is 31.9 Å². The van der Waals surface area contributed by atoms with Crippen molar-refractivity contribution in [2.24, 2.45) is 5.10 Å². The first-order valence-electron chi connectivity index (χ1n) is 8.68. The largest absolute Gasteiger partial charge is 0.422 e. The lowest BCUT2D eigenvalue weighted by molar-refractivity contribution is -0.384. The van der Waals surface area contributed by atoms with Gasteiger partial charge in [0.25, 0.3) is 11.6 Å². The van der Waals surface area contributed by atoms with Gasteiger partial charge in [-0.05, 0) is 54.6 Å². The van der Waals surface area contributed by atoms with Gasteiger partial charge in [0, 0.05) is 32.2 Å². The van der Waals surface area contributed by atoms with Crippen molar-refractivity contribution < 1.29 is 19.2 Å². The van der Waals surface area contributed by atoms with Crippen LogP contribution in [0.15, 0.2) is 80.8 Å². The number of nitro benzene ring substituents is 1. The van der Waals surface area contributed by atoms with Crippen molar-refractivity contribution in [3.8, 4) is 5.75 Å². The highest BCUT2D eigenvalue weighted by Crippen LogP contribution is 2.23. The Kier molecular flexibility index (Phi) is 7.27. The molecule has 0 aliphatic rings. The number of hydrogen-bond donors (Lipinski definition) is 1. The minimum absolute atomic E-state index is 0.119. The standard InChI is InChI=1S/C21H13Br2N3O5/c22-16-5-1-14(2-6-16)21(28)31-19-10-7-17(23)11-15(19)12-24-25-20(27)13-3-8-18(9-4-13)26(29)30/h1-12H,(H,25,27)/b24-12-. The summed E-state index contributed by atoms with van der Waals surface area (Å²) in [5.74, 6) is -0.835. The van der Waals surface area contributed by atoms with Gasteiger partial charge in [0.2, 0.25) is 0 Å².